The van der Waals surface area contributed by atoms with Crippen molar-refractivity contribution in [2.75, 3.05) is 32.1 Å². The van der Waals surface area contributed by atoms with Crippen LogP contribution in [0.3, 0.4) is 0 Å². The number of nitrogens with one attached hydrogen (secondary N) is 1. The van der Waals surface area contributed by atoms with Crippen LogP contribution in [-0.4, -0.2) is 59.7 Å². The quantitative estimate of drug-likeness (QED) is 0.294. The number of piperidine rings is 1. The Labute approximate surface area is 256 Å². The van der Waals surface area contributed by atoms with Gasteiger partial charge in [-0.3, -0.25) is 14.4 Å². The van der Waals surface area contributed by atoms with Crippen LogP contribution in [0.25, 0.3) is 0 Å². The van der Waals surface area contributed by atoms with Crippen molar-refractivity contribution in [1.29, 1.82) is 0 Å². The van der Waals surface area contributed by atoms with Gasteiger partial charge in [-0.1, -0.05) is 13.8 Å². The molecule has 3 atom stereocenters. The third-order valence-corrected chi connectivity index (χ3v) is 8.10. The molecule has 2 unspecified atom stereocenters. The Hall–Kier alpha value is -3.41. The van der Waals surface area contributed by atoms with E-state index in [1.54, 1.807) is 51.9 Å². The van der Waals surface area contributed by atoms with Gasteiger partial charge in [0.2, 0.25) is 5.91 Å². The number of benzene rings is 1. The Balaban J connectivity index is 2.08. The number of carboxylic acid groups (broad SMARTS) is 1. The number of nitrogens with zero attached hydrogens (tertiary/aromatic N) is 3. The molecule has 3 rings (SSSR count). The van der Waals surface area contributed by atoms with E-state index in [0.29, 0.717) is 11.6 Å². The van der Waals surface area contributed by atoms with Crippen LogP contribution < -0.4 is 15.8 Å². The number of aliphatic carboxylic acids is 1. The normalized spacial score (nSPS) is 17.2. The number of aryl methyl sites for hydroxylation is 1. The SMILES string of the molecule is Cc1cc(N2CCCC[C@@H]2C)cc(C(CC(=O)O)NC(=O)C(CC(C)C)n2cc(CCN(C)C)c(C(F)(F)F)cc2=O)c1F. The molecule has 244 valence electrons. The maximum Gasteiger partial charge on any atom is 0.416 e. The monoisotopic (exact) mass is 624 g/mol. The highest BCUT2D eigenvalue weighted by Crippen LogP contribution is 2.34. The highest BCUT2D eigenvalue weighted by molar-refractivity contribution is 5.82. The number of halogens is 4. The summed E-state index contributed by atoms with van der Waals surface area (Å²) < 4.78 is 58.2. The van der Waals surface area contributed by atoms with Crippen LogP contribution >= 0.6 is 0 Å². The first kappa shape index (κ1) is 35.1. The molecule has 0 radical (unpaired) electrons. The van der Waals surface area contributed by atoms with Gasteiger partial charge in [-0.15, -0.1) is 0 Å². The molecule has 2 N–H and O–H groups in total. The molecule has 1 saturated heterocycles. The number of pyridine rings is 1. The van der Waals surface area contributed by atoms with Crippen LogP contribution in [0.2, 0.25) is 0 Å². The summed E-state index contributed by atoms with van der Waals surface area (Å²) in [6, 6.07) is 1.43. The van der Waals surface area contributed by atoms with E-state index in [1.807, 2.05) is 0 Å². The summed E-state index contributed by atoms with van der Waals surface area (Å²) in [5, 5.41) is 12.4. The molecular formula is C32H44F4N4O4. The zero-order valence-corrected chi connectivity index (χ0v) is 26.3. The molecule has 1 aromatic carbocycles. The third kappa shape index (κ3) is 8.83. The molecule has 1 amide bonds. The van der Waals surface area contributed by atoms with Crippen molar-refractivity contribution >= 4 is 17.6 Å². The molecule has 0 aliphatic carbocycles. The van der Waals surface area contributed by atoms with Crippen molar-refractivity contribution < 1.29 is 32.3 Å². The standard InChI is InChI=1S/C32H44F4N4O4/c1-19(2)13-27(40-18-22(10-12-38(5)6)25(16-28(40)41)32(34,35)36)31(44)37-26(17-29(42)43)24-15-23(14-20(3)30(24)33)39-11-8-7-9-21(39)4/h14-16,18-19,21,26-27H,7-13,17H2,1-6H3,(H,37,44)(H,42,43)/t21-,26?,27?/m0/s1. The minimum Gasteiger partial charge on any atom is -0.481 e. The summed E-state index contributed by atoms with van der Waals surface area (Å²) in [5.41, 5.74) is -1.19. The van der Waals surface area contributed by atoms with Gasteiger partial charge in [-0.25, -0.2) is 4.39 Å². The molecule has 1 fully saturated rings. The second-order valence-electron chi connectivity index (χ2n) is 12.5. The molecule has 1 aromatic heterocycles. The van der Waals surface area contributed by atoms with E-state index in [1.165, 1.54) is 0 Å². The number of amides is 1. The van der Waals surface area contributed by atoms with Gasteiger partial charge in [0.05, 0.1) is 18.0 Å². The lowest BCUT2D eigenvalue weighted by molar-refractivity contribution is -0.139. The maximum absolute atomic E-state index is 15.6. The number of hydrogen-bond acceptors (Lipinski definition) is 5. The summed E-state index contributed by atoms with van der Waals surface area (Å²) in [7, 11) is 3.42. The van der Waals surface area contributed by atoms with E-state index in [9.17, 15) is 32.7 Å². The molecule has 0 spiro atoms. The van der Waals surface area contributed by atoms with Crippen LogP contribution in [0.5, 0.6) is 0 Å². The number of anilines is 1. The molecule has 0 saturated carbocycles. The van der Waals surface area contributed by atoms with E-state index in [2.05, 4.69) is 17.1 Å². The summed E-state index contributed by atoms with van der Waals surface area (Å²) in [5.74, 6) is -2.87. The molecule has 2 heterocycles. The largest absolute Gasteiger partial charge is 0.481 e. The number of rotatable bonds is 12. The average molecular weight is 625 g/mol. The molecule has 12 heteroatoms. The zero-order valence-electron chi connectivity index (χ0n) is 26.3. The second-order valence-corrected chi connectivity index (χ2v) is 12.5. The third-order valence-electron chi connectivity index (χ3n) is 8.10. The minimum atomic E-state index is -4.77. The zero-order chi connectivity index (χ0) is 32.9. The van der Waals surface area contributed by atoms with Gasteiger partial charge < -0.3 is 24.8 Å². The van der Waals surface area contributed by atoms with Crippen molar-refractivity contribution in [3.05, 3.63) is 62.8 Å². The number of alkyl halides is 3. The van der Waals surface area contributed by atoms with Gasteiger partial charge in [0.15, 0.2) is 0 Å². The Kier molecular flexibility index (Phi) is 11.6. The lowest BCUT2D eigenvalue weighted by Crippen LogP contribution is -2.41. The Morgan fingerprint density at radius 2 is 1.84 bits per heavy atom. The van der Waals surface area contributed by atoms with Gasteiger partial charge >= 0.3 is 12.1 Å². The van der Waals surface area contributed by atoms with Crippen LogP contribution in [0.15, 0.2) is 29.2 Å². The minimum absolute atomic E-state index is 0.00302. The fraction of sp³-hybridized carbons (Fsp3) is 0.594. The number of carbonyl (C=O) groups is 2. The van der Waals surface area contributed by atoms with Gasteiger partial charge in [-0.2, -0.15) is 13.2 Å². The average Bonchev–Trinajstić information content (AvgIpc) is 2.91. The number of carbonyl (C=O) groups excluding carboxylic acids is 1. The van der Waals surface area contributed by atoms with Crippen molar-refractivity contribution in [2.24, 2.45) is 5.92 Å². The molecule has 8 nitrogen and oxygen atoms in total. The first-order valence-corrected chi connectivity index (χ1v) is 15.0. The lowest BCUT2D eigenvalue weighted by atomic mass is 9.96. The van der Waals surface area contributed by atoms with Gasteiger partial charge in [-0.05, 0) is 89.2 Å². The fourth-order valence-electron chi connectivity index (χ4n) is 5.80. The Morgan fingerprint density at radius 1 is 1.16 bits per heavy atom. The number of hydrogen-bond donors (Lipinski definition) is 2. The molecule has 2 aromatic rings. The number of aromatic nitrogens is 1. The summed E-state index contributed by atoms with van der Waals surface area (Å²) in [6.07, 6.45) is -1.28. The fourth-order valence-corrected chi connectivity index (χ4v) is 5.80. The van der Waals surface area contributed by atoms with Crippen molar-refractivity contribution in [3.8, 4) is 0 Å². The molecule has 1 aliphatic heterocycles. The molecule has 0 bridgehead atoms. The van der Waals surface area contributed by atoms with Crippen LogP contribution in [-0.2, 0) is 22.2 Å². The topological polar surface area (TPSA) is 94.9 Å². The van der Waals surface area contributed by atoms with E-state index in [0.717, 1.165) is 42.3 Å². The van der Waals surface area contributed by atoms with Crippen LogP contribution in [0.1, 0.15) is 87.2 Å². The van der Waals surface area contributed by atoms with Crippen molar-refractivity contribution in [3.63, 3.8) is 0 Å². The smallest absolute Gasteiger partial charge is 0.416 e. The van der Waals surface area contributed by atoms with Gasteiger partial charge in [0, 0.05) is 42.6 Å². The Morgan fingerprint density at radius 3 is 2.41 bits per heavy atom. The summed E-state index contributed by atoms with van der Waals surface area (Å²) >= 11 is 0. The number of likely N-dealkylation sites (N-methyl/N-ethyl adjacent to an activating group) is 1. The van der Waals surface area contributed by atoms with E-state index in [4.69, 9.17) is 0 Å². The Bertz CT molecular complexity index is 1390. The lowest BCUT2D eigenvalue weighted by Gasteiger charge is -2.36. The molecule has 1 aliphatic rings. The van der Waals surface area contributed by atoms with Gasteiger partial charge in [0.1, 0.15) is 11.9 Å². The number of carboxylic acids is 1. The van der Waals surface area contributed by atoms with E-state index < -0.39 is 53.5 Å². The first-order valence-electron chi connectivity index (χ1n) is 15.0. The maximum atomic E-state index is 15.6. The van der Waals surface area contributed by atoms with Crippen LogP contribution in [0.4, 0.5) is 23.2 Å². The summed E-state index contributed by atoms with van der Waals surface area (Å²) in [6.45, 7) is 8.26. The predicted molar refractivity (Wildman–Crippen MR) is 161 cm³/mol. The van der Waals surface area contributed by atoms with E-state index in [-0.39, 0.29) is 42.5 Å². The highest BCUT2D eigenvalue weighted by Gasteiger charge is 2.36. The summed E-state index contributed by atoms with van der Waals surface area (Å²) in [4.78, 5) is 42.7. The van der Waals surface area contributed by atoms with Crippen molar-refractivity contribution in [2.45, 2.75) is 90.5 Å². The second kappa shape index (κ2) is 14.6. The highest BCUT2D eigenvalue weighted by atomic mass is 19.4. The van der Waals surface area contributed by atoms with Crippen LogP contribution in [0, 0.1) is 18.7 Å². The van der Waals surface area contributed by atoms with Gasteiger partial charge in [0.25, 0.3) is 5.56 Å². The predicted octanol–water partition coefficient (Wildman–Crippen LogP) is 5.72. The van der Waals surface area contributed by atoms with E-state index >= 15 is 4.39 Å². The molecular weight excluding hydrogens is 580 g/mol. The first-order chi connectivity index (χ1) is 20.5. The molecule has 44 heavy (non-hydrogen) atoms. The van der Waals surface area contributed by atoms with Crippen molar-refractivity contribution in [1.82, 2.24) is 14.8 Å².